The molecule has 102 valence electrons. The van der Waals surface area contributed by atoms with Crippen molar-refractivity contribution in [2.24, 2.45) is 5.92 Å². The Labute approximate surface area is 115 Å². The second-order valence-corrected chi connectivity index (χ2v) is 5.48. The summed E-state index contributed by atoms with van der Waals surface area (Å²) in [4.78, 5) is 2.38. The first kappa shape index (κ1) is 13.7. The highest BCUT2D eigenvalue weighted by atomic mass is 16.5. The quantitative estimate of drug-likeness (QED) is 0.827. The molecule has 3 heteroatoms. The molecule has 19 heavy (non-hydrogen) atoms. The van der Waals surface area contributed by atoms with Crippen molar-refractivity contribution < 1.29 is 4.74 Å². The molecule has 1 aliphatic rings. The molecule has 0 radical (unpaired) electrons. The number of nitriles is 1. The molecule has 1 saturated heterocycles. The van der Waals surface area contributed by atoms with Crippen molar-refractivity contribution in [2.45, 2.75) is 39.2 Å². The summed E-state index contributed by atoms with van der Waals surface area (Å²) in [5.41, 5.74) is 1.23. The fourth-order valence-corrected chi connectivity index (χ4v) is 2.60. The van der Waals surface area contributed by atoms with E-state index in [-0.39, 0.29) is 6.10 Å². The van der Waals surface area contributed by atoms with E-state index in [1.807, 2.05) is 26.0 Å². The Morgan fingerprint density at radius 1 is 1.37 bits per heavy atom. The number of hydrogen-bond donors (Lipinski definition) is 0. The van der Waals surface area contributed by atoms with Crippen LogP contribution in [0.2, 0.25) is 0 Å². The number of benzene rings is 1. The molecule has 0 aromatic heterocycles. The van der Waals surface area contributed by atoms with Crippen LogP contribution < -0.4 is 9.64 Å². The van der Waals surface area contributed by atoms with Gasteiger partial charge in [0.05, 0.1) is 12.2 Å². The summed E-state index contributed by atoms with van der Waals surface area (Å²) >= 11 is 0. The van der Waals surface area contributed by atoms with Gasteiger partial charge in [0.2, 0.25) is 0 Å². The summed E-state index contributed by atoms with van der Waals surface area (Å²) < 4.78 is 5.65. The average molecular weight is 258 g/mol. The van der Waals surface area contributed by atoms with E-state index in [0.29, 0.717) is 12.3 Å². The predicted octanol–water partition coefficient (Wildman–Crippen LogP) is 3.60. The Morgan fingerprint density at radius 2 is 2.11 bits per heavy atom. The molecule has 0 bridgehead atoms. The zero-order chi connectivity index (χ0) is 13.7. The summed E-state index contributed by atoms with van der Waals surface area (Å²) in [7, 11) is 0. The maximum atomic E-state index is 8.81. The van der Waals surface area contributed by atoms with Crippen molar-refractivity contribution in [3.63, 3.8) is 0 Å². The third-order valence-electron chi connectivity index (χ3n) is 3.47. The predicted molar refractivity (Wildman–Crippen MR) is 77.4 cm³/mol. The van der Waals surface area contributed by atoms with Gasteiger partial charge in [-0.1, -0.05) is 0 Å². The molecule has 0 N–H and O–H groups in total. The summed E-state index contributed by atoms with van der Waals surface area (Å²) in [5.74, 6) is 1.44. The smallest absolute Gasteiger partial charge is 0.119 e. The molecule has 0 amide bonds. The highest BCUT2D eigenvalue weighted by Crippen LogP contribution is 2.26. The van der Waals surface area contributed by atoms with E-state index in [4.69, 9.17) is 10.00 Å². The number of ether oxygens (including phenoxy) is 1. The molecule has 1 aliphatic heterocycles. The van der Waals surface area contributed by atoms with Crippen LogP contribution in [0.1, 0.15) is 33.1 Å². The third-order valence-corrected chi connectivity index (χ3v) is 3.47. The third kappa shape index (κ3) is 3.89. The van der Waals surface area contributed by atoms with Crippen molar-refractivity contribution in [3.8, 4) is 11.8 Å². The van der Waals surface area contributed by atoms with Gasteiger partial charge in [0, 0.05) is 25.2 Å². The molecule has 1 aromatic carbocycles. The topological polar surface area (TPSA) is 36.3 Å². The van der Waals surface area contributed by atoms with Gasteiger partial charge in [0.25, 0.3) is 0 Å². The maximum Gasteiger partial charge on any atom is 0.119 e. The summed E-state index contributed by atoms with van der Waals surface area (Å²) in [5, 5.41) is 8.81. The van der Waals surface area contributed by atoms with Gasteiger partial charge in [-0.05, 0) is 56.9 Å². The molecule has 0 saturated carbocycles. The summed E-state index contributed by atoms with van der Waals surface area (Å²) in [6, 6.07) is 10.6. The second kappa shape index (κ2) is 6.47. The highest BCUT2D eigenvalue weighted by molar-refractivity contribution is 5.49. The SMILES string of the molecule is CC(C)Oc1ccc(N2CCCC(CC#N)C2)cc1. The molecule has 0 spiro atoms. The first-order valence-corrected chi connectivity index (χ1v) is 7.07. The van der Waals surface area contributed by atoms with E-state index in [9.17, 15) is 0 Å². The van der Waals surface area contributed by atoms with Crippen LogP contribution in [0.5, 0.6) is 5.75 Å². The molecular weight excluding hydrogens is 236 g/mol. The first-order valence-electron chi connectivity index (χ1n) is 7.07. The van der Waals surface area contributed by atoms with Crippen LogP contribution in [-0.4, -0.2) is 19.2 Å². The lowest BCUT2D eigenvalue weighted by molar-refractivity contribution is 0.242. The van der Waals surface area contributed by atoms with E-state index >= 15 is 0 Å². The van der Waals surface area contributed by atoms with Gasteiger partial charge >= 0.3 is 0 Å². The zero-order valence-corrected chi connectivity index (χ0v) is 11.8. The fraction of sp³-hybridized carbons (Fsp3) is 0.562. The molecule has 1 atom stereocenters. The Hall–Kier alpha value is -1.69. The van der Waals surface area contributed by atoms with E-state index in [0.717, 1.165) is 18.8 Å². The van der Waals surface area contributed by atoms with E-state index in [1.165, 1.54) is 18.5 Å². The lowest BCUT2D eigenvalue weighted by atomic mass is 9.95. The Kier molecular flexibility index (Phi) is 4.68. The van der Waals surface area contributed by atoms with Crippen molar-refractivity contribution in [3.05, 3.63) is 24.3 Å². The maximum absolute atomic E-state index is 8.81. The standard InChI is InChI=1S/C16H22N2O/c1-13(2)19-16-7-5-15(6-8-16)18-11-3-4-14(12-18)9-10-17/h5-8,13-14H,3-4,9,11-12H2,1-2H3. The van der Waals surface area contributed by atoms with Gasteiger partial charge in [-0.15, -0.1) is 0 Å². The van der Waals surface area contributed by atoms with Crippen LogP contribution in [-0.2, 0) is 0 Å². The molecule has 3 nitrogen and oxygen atoms in total. The van der Waals surface area contributed by atoms with Gasteiger partial charge in [-0.3, -0.25) is 0 Å². The first-order chi connectivity index (χ1) is 9.19. The van der Waals surface area contributed by atoms with E-state index < -0.39 is 0 Å². The monoisotopic (exact) mass is 258 g/mol. The number of rotatable bonds is 4. The minimum absolute atomic E-state index is 0.209. The molecule has 1 unspecified atom stereocenters. The van der Waals surface area contributed by atoms with Crippen LogP contribution in [0.4, 0.5) is 5.69 Å². The minimum atomic E-state index is 0.209. The molecular formula is C16H22N2O. The van der Waals surface area contributed by atoms with Gasteiger partial charge < -0.3 is 9.64 Å². The zero-order valence-electron chi connectivity index (χ0n) is 11.8. The fourth-order valence-electron chi connectivity index (χ4n) is 2.60. The van der Waals surface area contributed by atoms with Crippen molar-refractivity contribution in [1.82, 2.24) is 0 Å². The summed E-state index contributed by atoms with van der Waals surface area (Å²) in [6.45, 7) is 6.15. The van der Waals surface area contributed by atoms with E-state index in [1.54, 1.807) is 0 Å². The number of piperidine rings is 1. The lowest BCUT2D eigenvalue weighted by Crippen LogP contribution is -2.35. The van der Waals surface area contributed by atoms with Crippen molar-refractivity contribution >= 4 is 5.69 Å². The summed E-state index contributed by atoms with van der Waals surface area (Å²) in [6.07, 6.45) is 3.24. The minimum Gasteiger partial charge on any atom is -0.491 e. The van der Waals surface area contributed by atoms with Crippen LogP contribution in [0, 0.1) is 17.2 Å². The molecule has 2 rings (SSSR count). The molecule has 1 heterocycles. The Morgan fingerprint density at radius 3 is 2.74 bits per heavy atom. The van der Waals surface area contributed by atoms with Gasteiger partial charge in [0.1, 0.15) is 5.75 Å². The average Bonchev–Trinajstić information content (AvgIpc) is 2.40. The molecule has 1 fully saturated rings. The highest BCUT2D eigenvalue weighted by Gasteiger charge is 2.19. The van der Waals surface area contributed by atoms with Crippen LogP contribution in [0.3, 0.4) is 0 Å². The van der Waals surface area contributed by atoms with Crippen molar-refractivity contribution in [2.75, 3.05) is 18.0 Å². The van der Waals surface area contributed by atoms with Crippen molar-refractivity contribution in [1.29, 1.82) is 5.26 Å². The van der Waals surface area contributed by atoms with Crippen LogP contribution >= 0.6 is 0 Å². The Balaban J connectivity index is 1.99. The van der Waals surface area contributed by atoms with Gasteiger partial charge in [-0.25, -0.2) is 0 Å². The van der Waals surface area contributed by atoms with E-state index in [2.05, 4.69) is 23.1 Å². The Bertz CT molecular complexity index is 433. The number of nitrogens with zero attached hydrogens (tertiary/aromatic N) is 2. The molecule has 1 aromatic rings. The second-order valence-electron chi connectivity index (χ2n) is 5.48. The van der Waals surface area contributed by atoms with Crippen LogP contribution in [0.15, 0.2) is 24.3 Å². The normalized spacial score (nSPS) is 19.3. The lowest BCUT2D eigenvalue weighted by Gasteiger charge is -2.33. The molecule has 0 aliphatic carbocycles. The van der Waals surface area contributed by atoms with Crippen LogP contribution in [0.25, 0.3) is 0 Å². The number of hydrogen-bond acceptors (Lipinski definition) is 3. The largest absolute Gasteiger partial charge is 0.491 e. The van der Waals surface area contributed by atoms with Gasteiger partial charge in [0.15, 0.2) is 0 Å². The van der Waals surface area contributed by atoms with Gasteiger partial charge in [-0.2, -0.15) is 5.26 Å². The number of anilines is 1.